The van der Waals surface area contributed by atoms with Gasteiger partial charge in [0.2, 0.25) is 0 Å². The van der Waals surface area contributed by atoms with Gasteiger partial charge in [0.05, 0.1) is 13.0 Å². The first-order chi connectivity index (χ1) is 7.45. The minimum Gasteiger partial charge on any atom is -0.469 e. The van der Waals surface area contributed by atoms with E-state index in [0.29, 0.717) is 12.3 Å². The number of carbonyl (C=O) groups excluding carboxylic acids is 2. The molecular formula is C13H20O3. The Kier molecular flexibility index (Phi) is 4.27. The smallest absolute Gasteiger partial charge is 0.313 e. The van der Waals surface area contributed by atoms with Gasteiger partial charge in [-0.05, 0) is 31.3 Å². The zero-order valence-corrected chi connectivity index (χ0v) is 10.4. The van der Waals surface area contributed by atoms with Crippen molar-refractivity contribution < 1.29 is 14.3 Å². The van der Waals surface area contributed by atoms with E-state index < -0.39 is 0 Å². The van der Waals surface area contributed by atoms with Crippen LogP contribution in [0.1, 0.15) is 33.6 Å². The number of allylic oxidation sites excluding steroid dienone is 1. The molecule has 1 rings (SSSR count). The normalized spacial score (nSPS) is 25.6. The molecule has 0 saturated heterocycles. The molecule has 0 fully saturated rings. The summed E-state index contributed by atoms with van der Waals surface area (Å²) in [7, 11) is 1.40. The monoisotopic (exact) mass is 224 g/mol. The maximum Gasteiger partial charge on any atom is 0.313 e. The Morgan fingerprint density at radius 2 is 2.19 bits per heavy atom. The Hall–Kier alpha value is -1.12. The number of rotatable bonds is 3. The summed E-state index contributed by atoms with van der Waals surface area (Å²) in [5, 5.41) is 0. The highest BCUT2D eigenvalue weighted by Crippen LogP contribution is 2.34. The molecule has 0 saturated carbocycles. The Bertz CT molecular complexity index is 315. The van der Waals surface area contributed by atoms with E-state index in [1.807, 2.05) is 6.92 Å². The molecule has 1 aliphatic carbocycles. The summed E-state index contributed by atoms with van der Waals surface area (Å²) >= 11 is 0. The predicted octanol–water partition coefficient (Wildman–Crippen LogP) is 2.36. The standard InChI is InChI=1S/C13H20O3/c1-8(2)5-10-7-11(14)6-9(3)12(10)13(15)16-4/h6,8,10,12H,5,7H2,1-4H3/t10-,12+/m0/s1. The van der Waals surface area contributed by atoms with Crippen molar-refractivity contribution in [2.75, 3.05) is 7.11 Å². The van der Waals surface area contributed by atoms with E-state index in [9.17, 15) is 9.59 Å². The fourth-order valence-electron chi connectivity index (χ4n) is 2.48. The molecule has 0 aliphatic heterocycles. The number of methoxy groups -OCH3 is 1. The number of esters is 1. The minimum atomic E-state index is -0.231. The zero-order valence-electron chi connectivity index (χ0n) is 10.4. The van der Waals surface area contributed by atoms with Gasteiger partial charge >= 0.3 is 5.97 Å². The average molecular weight is 224 g/mol. The van der Waals surface area contributed by atoms with Gasteiger partial charge in [0.15, 0.2) is 5.78 Å². The minimum absolute atomic E-state index is 0.102. The number of hydrogen-bond acceptors (Lipinski definition) is 3. The molecular weight excluding hydrogens is 204 g/mol. The van der Waals surface area contributed by atoms with Crippen LogP contribution < -0.4 is 0 Å². The van der Waals surface area contributed by atoms with Crippen LogP contribution in [0, 0.1) is 17.8 Å². The van der Waals surface area contributed by atoms with Crippen molar-refractivity contribution in [2.24, 2.45) is 17.8 Å². The molecule has 0 amide bonds. The summed E-state index contributed by atoms with van der Waals surface area (Å²) in [4.78, 5) is 23.2. The number of ketones is 1. The van der Waals surface area contributed by atoms with Crippen molar-refractivity contribution >= 4 is 11.8 Å². The molecule has 3 nitrogen and oxygen atoms in total. The lowest BCUT2D eigenvalue weighted by atomic mass is 9.75. The quantitative estimate of drug-likeness (QED) is 0.691. The summed E-state index contributed by atoms with van der Waals surface area (Å²) in [5.74, 6) is 0.265. The Balaban J connectivity index is 2.91. The van der Waals surface area contributed by atoms with Gasteiger partial charge < -0.3 is 4.74 Å². The molecule has 0 radical (unpaired) electrons. The molecule has 0 aromatic rings. The number of carbonyl (C=O) groups is 2. The maximum absolute atomic E-state index is 11.7. The molecule has 0 N–H and O–H groups in total. The van der Waals surface area contributed by atoms with Crippen LogP contribution in [0.3, 0.4) is 0 Å². The van der Waals surface area contributed by atoms with Gasteiger partial charge in [-0.1, -0.05) is 19.4 Å². The van der Waals surface area contributed by atoms with Crippen molar-refractivity contribution in [3.63, 3.8) is 0 Å². The van der Waals surface area contributed by atoms with Crippen LogP contribution in [0.15, 0.2) is 11.6 Å². The molecule has 90 valence electrons. The van der Waals surface area contributed by atoms with E-state index in [4.69, 9.17) is 4.74 Å². The highest BCUT2D eigenvalue weighted by atomic mass is 16.5. The first kappa shape index (κ1) is 12.9. The third kappa shape index (κ3) is 2.94. The van der Waals surface area contributed by atoms with E-state index in [-0.39, 0.29) is 23.6 Å². The van der Waals surface area contributed by atoms with Gasteiger partial charge in [0, 0.05) is 6.42 Å². The van der Waals surface area contributed by atoms with Crippen LogP contribution in [-0.4, -0.2) is 18.9 Å². The number of ether oxygens (including phenoxy) is 1. The molecule has 3 heteroatoms. The Morgan fingerprint density at radius 1 is 1.56 bits per heavy atom. The molecule has 16 heavy (non-hydrogen) atoms. The van der Waals surface area contributed by atoms with Gasteiger partial charge in [0.1, 0.15) is 0 Å². The van der Waals surface area contributed by atoms with Crippen LogP contribution in [0.2, 0.25) is 0 Å². The summed E-state index contributed by atoms with van der Waals surface area (Å²) in [6, 6.07) is 0. The van der Waals surface area contributed by atoms with Crippen molar-refractivity contribution in [1.29, 1.82) is 0 Å². The summed E-state index contributed by atoms with van der Waals surface area (Å²) in [5.41, 5.74) is 0.841. The van der Waals surface area contributed by atoms with Crippen LogP contribution >= 0.6 is 0 Å². The van der Waals surface area contributed by atoms with Crippen molar-refractivity contribution in [3.05, 3.63) is 11.6 Å². The summed E-state index contributed by atoms with van der Waals surface area (Å²) in [6.07, 6.45) is 2.93. The highest BCUT2D eigenvalue weighted by Gasteiger charge is 2.35. The Morgan fingerprint density at radius 3 is 2.69 bits per heavy atom. The zero-order chi connectivity index (χ0) is 12.3. The third-order valence-electron chi connectivity index (χ3n) is 3.04. The van der Waals surface area contributed by atoms with E-state index in [1.54, 1.807) is 6.08 Å². The lowest BCUT2D eigenvalue weighted by Crippen LogP contribution is -2.32. The van der Waals surface area contributed by atoms with E-state index in [2.05, 4.69) is 13.8 Å². The number of hydrogen-bond donors (Lipinski definition) is 0. The third-order valence-corrected chi connectivity index (χ3v) is 3.04. The van der Waals surface area contributed by atoms with Crippen LogP contribution in [-0.2, 0) is 14.3 Å². The highest BCUT2D eigenvalue weighted by molar-refractivity contribution is 5.94. The molecule has 0 heterocycles. The lowest BCUT2D eigenvalue weighted by molar-refractivity contribution is -0.146. The molecule has 0 aromatic heterocycles. The second-order valence-corrected chi connectivity index (χ2v) is 4.95. The van der Waals surface area contributed by atoms with Crippen molar-refractivity contribution in [1.82, 2.24) is 0 Å². The second kappa shape index (κ2) is 5.28. The van der Waals surface area contributed by atoms with Crippen molar-refractivity contribution in [3.8, 4) is 0 Å². The van der Waals surface area contributed by atoms with E-state index >= 15 is 0 Å². The molecule has 0 aromatic carbocycles. The average Bonchev–Trinajstić information content (AvgIpc) is 2.14. The molecule has 0 unspecified atom stereocenters. The van der Waals surface area contributed by atoms with E-state index in [0.717, 1.165) is 12.0 Å². The second-order valence-electron chi connectivity index (χ2n) is 4.95. The molecule has 0 spiro atoms. The largest absolute Gasteiger partial charge is 0.469 e. The SMILES string of the molecule is COC(=O)[C@@H]1C(C)=CC(=O)C[C@@H]1CC(C)C. The van der Waals surface area contributed by atoms with Crippen LogP contribution in [0.5, 0.6) is 0 Å². The van der Waals surface area contributed by atoms with Gasteiger partial charge in [-0.25, -0.2) is 0 Å². The van der Waals surface area contributed by atoms with E-state index in [1.165, 1.54) is 7.11 Å². The fourth-order valence-corrected chi connectivity index (χ4v) is 2.48. The van der Waals surface area contributed by atoms with Crippen LogP contribution in [0.25, 0.3) is 0 Å². The summed E-state index contributed by atoms with van der Waals surface area (Å²) in [6.45, 7) is 6.05. The van der Waals surface area contributed by atoms with Gasteiger partial charge in [0.25, 0.3) is 0 Å². The van der Waals surface area contributed by atoms with Gasteiger partial charge in [-0.3, -0.25) is 9.59 Å². The maximum atomic E-state index is 11.7. The van der Waals surface area contributed by atoms with Crippen molar-refractivity contribution in [2.45, 2.75) is 33.6 Å². The summed E-state index contributed by atoms with van der Waals surface area (Å²) < 4.78 is 4.82. The molecule has 1 aliphatic rings. The first-order valence-corrected chi connectivity index (χ1v) is 5.74. The molecule has 0 bridgehead atoms. The fraction of sp³-hybridized carbons (Fsp3) is 0.692. The first-order valence-electron chi connectivity index (χ1n) is 5.74. The van der Waals surface area contributed by atoms with Gasteiger partial charge in [-0.2, -0.15) is 0 Å². The predicted molar refractivity (Wildman–Crippen MR) is 61.8 cm³/mol. The molecule has 2 atom stereocenters. The van der Waals surface area contributed by atoms with Gasteiger partial charge in [-0.15, -0.1) is 0 Å². The van der Waals surface area contributed by atoms with Crippen LogP contribution in [0.4, 0.5) is 0 Å². The topological polar surface area (TPSA) is 43.4 Å². The Labute approximate surface area is 96.9 Å². The lowest BCUT2D eigenvalue weighted by Gasteiger charge is -2.29.